The maximum absolute atomic E-state index is 12.4. The second-order valence-electron chi connectivity index (χ2n) is 4.86. The minimum atomic E-state index is -0.305. The third-order valence-electron chi connectivity index (χ3n) is 3.39. The Balaban J connectivity index is 1.76. The molecular weight excluding hydrogens is 321 g/mol. The molecule has 1 aliphatic heterocycles. The Bertz CT molecular complexity index is 719. The molecule has 1 N–H and O–H groups in total. The van der Waals surface area contributed by atoms with E-state index in [2.05, 4.69) is 10.4 Å². The van der Waals surface area contributed by atoms with E-state index in [-0.39, 0.29) is 12.1 Å². The van der Waals surface area contributed by atoms with Crippen molar-refractivity contribution in [3.8, 4) is 0 Å². The first-order valence-corrected chi connectivity index (χ1v) is 7.53. The van der Waals surface area contributed by atoms with Crippen molar-refractivity contribution in [3.05, 3.63) is 64.1 Å². The Hall–Kier alpha value is -2.04. The lowest BCUT2D eigenvalue weighted by Gasteiger charge is -2.22. The monoisotopic (exact) mass is 333 g/mol. The summed E-state index contributed by atoms with van der Waals surface area (Å²) in [5.74, 6) is 0. The van der Waals surface area contributed by atoms with Crippen molar-refractivity contribution >= 4 is 41.1 Å². The maximum Gasteiger partial charge on any atom is 0.342 e. The van der Waals surface area contributed by atoms with Crippen molar-refractivity contribution in [2.75, 3.05) is 5.32 Å². The van der Waals surface area contributed by atoms with Gasteiger partial charge in [0.25, 0.3) is 0 Å². The summed E-state index contributed by atoms with van der Waals surface area (Å²) in [5, 5.41) is 9.23. The smallest absolute Gasteiger partial charge is 0.306 e. The SMILES string of the molecule is O=C(Nc1ccc(Cl)c(Cl)c1)N1N=CC[C@@H]1c1ccccc1. The summed E-state index contributed by atoms with van der Waals surface area (Å²) < 4.78 is 0. The van der Waals surface area contributed by atoms with Crippen LogP contribution in [0.25, 0.3) is 0 Å². The highest BCUT2D eigenvalue weighted by atomic mass is 35.5. The molecule has 0 radical (unpaired) electrons. The molecule has 22 heavy (non-hydrogen) atoms. The summed E-state index contributed by atoms with van der Waals surface area (Å²) in [4.78, 5) is 12.4. The number of hydrogen-bond acceptors (Lipinski definition) is 2. The van der Waals surface area contributed by atoms with Crippen LogP contribution in [0.2, 0.25) is 10.0 Å². The van der Waals surface area contributed by atoms with Gasteiger partial charge in [0.05, 0.1) is 16.1 Å². The zero-order valence-electron chi connectivity index (χ0n) is 11.5. The van der Waals surface area contributed by atoms with Crippen LogP contribution in [-0.4, -0.2) is 17.3 Å². The van der Waals surface area contributed by atoms with Crippen LogP contribution in [0.1, 0.15) is 18.0 Å². The lowest BCUT2D eigenvalue weighted by molar-refractivity contribution is 0.200. The van der Waals surface area contributed by atoms with Crippen LogP contribution in [0.3, 0.4) is 0 Å². The van der Waals surface area contributed by atoms with Gasteiger partial charge in [0, 0.05) is 18.3 Å². The minimum Gasteiger partial charge on any atom is -0.306 e. The lowest BCUT2D eigenvalue weighted by atomic mass is 10.1. The minimum absolute atomic E-state index is 0.0935. The summed E-state index contributed by atoms with van der Waals surface area (Å²) in [5.41, 5.74) is 1.62. The van der Waals surface area contributed by atoms with Crippen LogP contribution >= 0.6 is 23.2 Å². The molecule has 112 valence electrons. The lowest BCUT2D eigenvalue weighted by Crippen LogP contribution is -2.31. The highest BCUT2D eigenvalue weighted by molar-refractivity contribution is 6.42. The molecule has 0 spiro atoms. The fraction of sp³-hybridized carbons (Fsp3) is 0.125. The number of urea groups is 1. The molecule has 0 aromatic heterocycles. The molecule has 0 saturated heterocycles. The quantitative estimate of drug-likeness (QED) is 0.829. The van der Waals surface area contributed by atoms with E-state index >= 15 is 0 Å². The number of benzene rings is 2. The Morgan fingerprint density at radius 2 is 1.91 bits per heavy atom. The Morgan fingerprint density at radius 1 is 1.14 bits per heavy atom. The number of carbonyl (C=O) groups excluding carboxylic acids is 1. The van der Waals surface area contributed by atoms with Crippen molar-refractivity contribution in [3.63, 3.8) is 0 Å². The summed E-state index contributed by atoms with van der Waals surface area (Å²) in [6.45, 7) is 0. The largest absolute Gasteiger partial charge is 0.342 e. The number of nitrogens with one attached hydrogen (secondary N) is 1. The predicted octanol–water partition coefficient (Wildman–Crippen LogP) is 4.96. The van der Waals surface area contributed by atoms with Gasteiger partial charge >= 0.3 is 6.03 Å². The highest BCUT2D eigenvalue weighted by Crippen LogP contribution is 2.29. The van der Waals surface area contributed by atoms with Crippen LogP contribution < -0.4 is 5.32 Å². The Labute approximate surface area is 138 Å². The Kier molecular flexibility index (Phi) is 4.32. The van der Waals surface area contributed by atoms with Gasteiger partial charge in [0.15, 0.2) is 0 Å². The third-order valence-corrected chi connectivity index (χ3v) is 4.13. The van der Waals surface area contributed by atoms with Gasteiger partial charge in [-0.2, -0.15) is 5.10 Å². The fourth-order valence-electron chi connectivity index (χ4n) is 2.32. The number of amides is 2. The average Bonchev–Trinajstić information content (AvgIpc) is 3.01. The summed E-state index contributed by atoms with van der Waals surface area (Å²) in [7, 11) is 0. The second-order valence-corrected chi connectivity index (χ2v) is 5.68. The molecule has 1 heterocycles. The number of hydrogen-bond donors (Lipinski definition) is 1. The second kappa shape index (κ2) is 6.38. The first-order chi connectivity index (χ1) is 10.6. The average molecular weight is 334 g/mol. The van der Waals surface area contributed by atoms with E-state index in [0.717, 1.165) is 5.56 Å². The van der Waals surface area contributed by atoms with Gasteiger partial charge in [-0.25, -0.2) is 9.80 Å². The van der Waals surface area contributed by atoms with Crippen LogP contribution in [0.5, 0.6) is 0 Å². The molecule has 0 saturated carbocycles. The first kappa shape index (κ1) is 14.9. The van der Waals surface area contributed by atoms with E-state index < -0.39 is 0 Å². The van der Waals surface area contributed by atoms with Crippen LogP contribution in [0.4, 0.5) is 10.5 Å². The normalized spacial score (nSPS) is 16.8. The first-order valence-electron chi connectivity index (χ1n) is 6.78. The summed E-state index contributed by atoms with van der Waals surface area (Å²) in [6, 6.07) is 14.4. The van der Waals surface area contributed by atoms with Crippen molar-refractivity contribution in [2.24, 2.45) is 5.10 Å². The molecule has 0 bridgehead atoms. The number of rotatable bonds is 2. The van der Waals surface area contributed by atoms with Crippen molar-refractivity contribution in [2.45, 2.75) is 12.5 Å². The zero-order valence-corrected chi connectivity index (χ0v) is 13.1. The van der Waals surface area contributed by atoms with E-state index in [4.69, 9.17) is 23.2 Å². The third kappa shape index (κ3) is 3.08. The summed E-state index contributed by atoms with van der Waals surface area (Å²) >= 11 is 11.8. The molecule has 2 amide bonds. The van der Waals surface area contributed by atoms with E-state index in [1.807, 2.05) is 30.3 Å². The number of nitrogens with zero attached hydrogens (tertiary/aromatic N) is 2. The topological polar surface area (TPSA) is 44.7 Å². The number of carbonyl (C=O) groups is 1. The van der Waals surface area contributed by atoms with Crippen molar-refractivity contribution in [1.29, 1.82) is 0 Å². The Morgan fingerprint density at radius 3 is 2.64 bits per heavy atom. The molecule has 1 aliphatic rings. The van der Waals surface area contributed by atoms with Gasteiger partial charge < -0.3 is 5.32 Å². The zero-order chi connectivity index (χ0) is 15.5. The molecule has 0 aliphatic carbocycles. The fourth-order valence-corrected chi connectivity index (χ4v) is 2.61. The van der Waals surface area contributed by atoms with E-state index in [1.165, 1.54) is 5.01 Å². The van der Waals surface area contributed by atoms with E-state index in [9.17, 15) is 4.79 Å². The van der Waals surface area contributed by atoms with Gasteiger partial charge in [-0.1, -0.05) is 53.5 Å². The van der Waals surface area contributed by atoms with Gasteiger partial charge in [0.1, 0.15) is 0 Å². The van der Waals surface area contributed by atoms with Crippen LogP contribution in [0, 0.1) is 0 Å². The molecule has 2 aromatic rings. The van der Waals surface area contributed by atoms with Crippen LogP contribution in [0.15, 0.2) is 53.6 Å². The number of anilines is 1. The highest BCUT2D eigenvalue weighted by Gasteiger charge is 2.28. The summed E-state index contributed by atoms with van der Waals surface area (Å²) in [6.07, 6.45) is 2.44. The van der Waals surface area contributed by atoms with Gasteiger partial charge in [-0.05, 0) is 23.8 Å². The standard InChI is InChI=1S/C16H13Cl2N3O/c17-13-7-6-12(10-14(13)18)20-16(22)21-15(8-9-19-21)11-4-2-1-3-5-11/h1-7,9-10,15H,8H2,(H,20,22)/t15-/m1/s1. The van der Waals surface area contributed by atoms with E-state index in [0.29, 0.717) is 22.2 Å². The molecule has 3 rings (SSSR count). The molecule has 1 atom stereocenters. The van der Waals surface area contributed by atoms with Gasteiger partial charge in [0.2, 0.25) is 0 Å². The number of halogens is 2. The molecule has 0 unspecified atom stereocenters. The molecular formula is C16H13Cl2N3O. The van der Waals surface area contributed by atoms with Crippen molar-refractivity contribution < 1.29 is 4.79 Å². The van der Waals surface area contributed by atoms with Crippen LogP contribution in [-0.2, 0) is 0 Å². The maximum atomic E-state index is 12.4. The van der Waals surface area contributed by atoms with Gasteiger partial charge in [-0.3, -0.25) is 0 Å². The molecule has 6 heteroatoms. The van der Waals surface area contributed by atoms with Gasteiger partial charge in [-0.15, -0.1) is 0 Å². The molecule has 2 aromatic carbocycles. The number of hydrazone groups is 1. The van der Waals surface area contributed by atoms with E-state index in [1.54, 1.807) is 24.4 Å². The molecule has 4 nitrogen and oxygen atoms in total. The molecule has 0 fully saturated rings. The predicted molar refractivity (Wildman–Crippen MR) is 89.6 cm³/mol. The van der Waals surface area contributed by atoms with Crippen molar-refractivity contribution in [1.82, 2.24) is 5.01 Å².